The fourth-order valence-corrected chi connectivity index (χ4v) is 4.29. The first-order valence-corrected chi connectivity index (χ1v) is 11.0. The van der Waals surface area contributed by atoms with Crippen molar-refractivity contribution in [3.63, 3.8) is 0 Å². The Balaban J connectivity index is 1.50. The number of hydrogen-bond acceptors (Lipinski definition) is 7. The molecule has 0 aliphatic rings. The number of carbonyl (C=O) groups is 2. The second-order valence-electron chi connectivity index (χ2n) is 6.51. The molecule has 0 radical (unpaired) electrons. The lowest BCUT2D eigenvalue weighted by atomic mass is 10.3. The summed E-state index contributed by atoms with van der Waals surface area (Å²) < 4.78 is 7.80. The summed E-state index contributed by atoms with van der Waals surface area (Å²) in [6.45, 7) is 4.24. The van der Waals surface area contributed by atoms with E-state index in [-0.39, 0.29) is 12.6 Å². The lowest BCUT2D eigenvalue weighted by Crippen LogP contribution is -2.30. The topological polar surface area (TPSA) is 101 Å². The molecule has 3 amide bonds. The third kappa shape index (κ3) is 5.49. The van der Waals surface area contributed by atoms with Crippen molar-refractivity contribution < 1.29 is 14.3 Å². The smallest absolute Gasteiger partial charge is 0.406 e. The monoisotopic (exact) mass is 468 g/mol. The molecule has 3 aromatic rings. The Bertz CT molecular complexity index is 1060. The summed E-state index contributed by atoms with van der Waals surface area (Å²) in [5.41, 5.74) is 2.05. The molecule has 0 saturated heterocycles. The van der Waals surface area contributed by atoms with Gasteiger partial charge >= 0.3 is 12.1 Å². The third-order valence-corrected chi connectivity index (χ3v) is 6.20. The molecular weight excluding hydrogens is 448 g/mol. The second-order valence-corrected chi connectivity index (χ2v) is 9.16. The van der Waals surface area contributed by atoms with E-state index >= 15 is 0 Å². The lowest BCUT2D eigenvalue weighted by molar-refractivity contribution is 0.159. The van der Waals surface area contributed by atoms with E-state index in [0.717, 1.165) is 10.6 Å². The van der Waals surface area contributed by atoms with Crippen LogP contribution in [0.5, 0.6) is 5.75 Å². The predicted molar refractivity (Wildman–Crippen MR) is 117 cm³/mol. The number of amides is 3. The fraction of sp³-hybridized carbons (Fsp3) is 0.333. The van der Waals surface area contributed by atoms with Gasteiger partial charge in [-0.25, -0.2) is 14.6 Å². The largest absolute Gasteiger partial charge is 0.415 e. The van der Waals surface area contributed by atoms with Gasteiger partial charge in [0.05, 0.1) is 28.8 Å². The van der Waals surface area contributed by atoms with Gasteiger partial charge in [-0.05, 0) is 26.0 Å². The maximum Gasteiger partial charge on any atom is 0.415 e. The Labute approximate surface area is 186 Å². The summed E-state index contributed by atoms with van der Waals surface area (Å²) in [6.07, 6.45) is -0.510. The molecule has 12 heteroatoms. The van der Waals surface area contributed by atoms with Crippen LogP contribution in [-0.4, -0.2) is 38.8 Å². The molecule has 0 aliphatic heterocycles. The van der Waals surface area contributed by atoms with Crippen molar-refractivity contribution in [2.24, 2.45) is 7.05 Å². The normalized spacial score (nSPS) is 10.7. The van der Waals surface area contributed by atoms with Crippen molar-refractivity contribution in [2.45, 2.75) is 26.9 Å². The molecule has 0 bridgehead atoms. The second kappa shape index (κ2) is 9.45. The Morgan fingerprint density at radius 3 is 2.73 bits per heavy atom. The van der Waals surface area contributed by atoms with E-state index in [0.29, 0.717) is 33.2 Å². The van der Waals surface area contributed by atoms with Gasteiger partial charge in [0.15, 0.2) is 10.9 Å². The van der Waals surface area contributed by atoms with E-state index in [1.54, 1.807) is 37.1 Å². The highest BCUT2D eigenvalue weighted by molar-refractivity contribution is 7.16. The predicted octanol–water partition coefficient (Wildman–Crippen LogP) is 4.16. The summed E-state index contributed by atoms with van der Waals surface area (Å²) in [7, 11) is 3.41. The number of aromatic nitrogens is 3. The number of ether oxygens (including phenoxy) is 1. The lowest BCUT2D eigenvalue weighted by Gasteiger charge is -2.15. The maximum atomic E-state index is 12.4. The Hall–Kier alpha value is -2.63. The third-order valence-electron chi connectivity index (χ3n) is 4.17. The van der Waals surface area contributed by atoms with Crippen molar-refractivity contribution in [3.8, 4) is 5.75 Å². The first-order chi connectivity index (χ1) is 14.2. The van der Waals surface area contributed by atoms with Crippen LogP contribution in [0.25, 0.3) is 0 Å². The van der Waals surface area contributed by atoms with Gasteiger partial charge in [-0.15, -0.1) is 22.7 Å². The molecule has 0 atom stereocenters. The standard InChI is InChI=1S/C18H21ClN6O3S2/c1-10-15(11(2)25(4)23-10)28-18(27)24(3)8-12-9-29-17(21-12)22-16(26)20-7-13-5-6-14(19)30-13/h5-6,9H,7-8H2,1-4H3,(H2,20,21,22,26). The van der Waals surface area contributed by atoms with Crippen LogP contribution in [0.2, 0.25) is 4.34 Å². The molecule has 0 spiro atoms. The van der Waals surface area contributed by atoms with E-state index in [4.69, 9.17) is 16.3 Å². The minimum Gasteiger partial charge on any atom is -0.406 e. The minimum absolute atomic E-state index is 0.241. The molecule has 2 N–H and O–H groups in total. The number of carbonyl (C=O) groups excluding carboxylic acids is 2. The average Bonchev–Trinajstić information content (AvgIpc) is 3.37. The van der Waals surface area contributed by atoms with Gasteiger partial charge in [0.2, 0.25) is 0 Å². The molecule has 3 rings (SSSR count). The summed E-state index contributed by atoms with van der Waals surface area (Å²) in [4.78, 5) is 31.1. The van der Waals surface area contributed by atoms with Gasteiger partial charge in [0.1, 0.15) is 5.69 Å². The number of hydrogen-bond donors (Lipinski definition) is 2. The van der Waals surface area contributed by atoms with E-state index in [9.17, 15) is 9.59 Å². The van der Waals surface area contributed by atoms with Gasteiger partial charge in [-0.3, -0.25) is 10.00 Å². The zero-order chi connectivity index (χ0) is 21.8. The van der Waals surface area contributed by atoms with E-state index < -0.39 is 6.09 Å². The zero-order valence-electron chi connectivity index (χ0n) is 16.9. The molecule has 0 aromatic carbocycles. The SMILES string of the molecule is Cc1nn(C)c(C)c1OC(=O)N(C)Cc1csc(NC(=O)NCc2ccc(Cl)s2)n1. The van der Waals surface area contributed by atoms with Crippen LogP contribution in [0.15, 0.2) is 17.5 Å². The molecule has 3 aromatic heterocycles. The quantitative estimate of drug-likeness (QED) is 0.565. The number of thiazole rings is 1. The molecule has 0 saturated carbocycles. The highest BCUT2D eigenvalue weighted by Crippen LogP contribution is 2.23. The first kappa shape index (κ1) is 22.1. The van der Waals surface area contributed by atoms with E-state index in [1.807, 2.05) is 13.0 Å². The number of nitrogens with one attached hydrogen (secondary N) is 2. The van der Waals surface area contributed by atoms with Crippen molar-refractivity contribution >= 4 is 51.5 Å². The molecule has 0 aliphatic carbocycles. The molecule has 3 heterocycles. The highest BCUT2D eigenvalue weighted by atomic mass is 35.5. The van der Waals surface area contributed by atoms with Gasteiger partial charge in [-0.1, -0.05) is 11.6 Å². The van der Waals surface area contributed by atoms with Crippen molar-refractivity contribution in [3.05, 3.63) is 43.8 Å². The van der Waals surface area contributed by atoms with Crippen LogP contribution >= 0.6 is 34.3 Å². The van der Waals surface area contributed by atoms with Crippen LogP contribution in [0.1, 0.15) is 22.0 Å². The van der Waals surface area contributed by atoms with E-state index in [1.165, 1.54) is 27.6 Å². The highest BCUT2D eigenvalue weighted by Gasteiger charge is 2.19. The fourth-order valence-electron chi connectivity index (χ4n) is 2.57. The number of halogens is 1. The Kier molecular flexibility index (Phi) is 6.95. The molecule has 160 valence electrons. The zero-order valence-corrected chi connectivity index (χ0v) is 19.2. The summed E-state index contributed by atoms with van der Waals surface area (Å²) >= 11 is 8.56. The van der Waals surface area contributed by atoms with Crippen molar-refractivity contribution in [2.75, 3.05) is 12.4 Å². The number of rotatable bonds is 6. The average molecular weight is 469 g/mol. The number of thiophene rings is 1. The summed E-state index contributed by atoms with van der Waals surface area (Å²) in [5, 5.41) is 11.9. The molecular formula is C18H21ClN6O3S2. The van der Waals surface area contributed by atoms with Crippen LogP contribution in [0.3, 0.4) is 0 Å². The van der Waals surface area contributed by atoms with Crippen molar-refractivity contribution in [1.29, 1.82) is 0 Å². The molecule has 9 nitrogen and oxygen atoms in total. The molecule has 0 fully saturated rings. The number of aryl methyl sites for hydroxylation is 2. The maximum absolute atomic E-state index is 12.4. The number of nitrogens with zero attached hydrogens (tertiary/aromatic N) is 4. The van der Waals surface area contributed by atoms with Crippen LogP contribution in [-0.2, 0) is 20.1 Å². The van der Waals surface area contributed by atoms with Crippen molar-refractivity contribution in [1.82, 2.24) is 25.0 Å². The Morgan fingerprint density at radius 2 is 2.10 bits per heavy atom. The Morgan fingerprint density at radius 1 is 1.33 bits per heavy atom. The van der Waals surface area contributed by atoms with Gasteiger partial charge in [0, 0.05) is 24.4 Å². The van der Waals surface area contributed by atoms with Gasteiger partial charge in [0.25, 0.3) is 0 Å². The van der Waals surface area contributed by atoms with Gasteiger partial charge < -0.3 is 15.0 Å². The van der Waals surface area contributed by atoms with Crippen LogP contribution in [0, 0.1) is 13.8 Å². The van der Waals surface area contributed by atoms with Crippen LogP contribution in [0.4, 0.5) is 14.7 Å². The van der Waals surface area contributed by atoms with Crippen LogP contribution < -0.4 is 15.4 Å². The number of urea groups is 1. The number of anilines is 1. The molecule has 0 unspecified atom stereocenters. The minimum atomic E-state index is -0.510. The van der Waals surface area contributed by atoms with Gasteiger partial charge in [-0.2, -0.15) is 5.10 Å². The summed E-state index contributed by atoms with van der Waals surface area (Å²) in [6, 6.07) is 3.28. The first-order valence-electron chi connectivity index (χ1n) is 8.89. The molecule has 30 heavy (non-hydrogen) atoms. The van der Waals surface area contributed by atoms with E-state index in [2.05, 4.69) is 20.7 Å². The summed E-state index contributed by atoms with van der Waals surface area (Å²) in [5.74, 6) is 0.457.